The van der Waals surface area contributed by atoms with E-state index in [1.165, 1.54) is 0 Å². The van der Waals surface area contributed by atoms with Gasteiger partial charge in [0.05, 0.1) is 5.69 Å². The molecule has 0 atom stereocenters. The number of amides is 1. The standard InChI is InChI=1S/C14H26N8O/c1-9-11(15)21-12(16)10(20-9)13(23)22-14(17)19-8-6-4-3-5-7-18-2/h18H,3-8H2,1-2H3,(H4,15,16,21)(H3,17,19,22,23). The Bertz CT molecular complexity index is 558. The van der Waals surface area contributed by atoms with Gasteiger partial charge in [-0.3, -0.25) is 15.1 Å². The number of nitrogens with two attached hydrogens (primary N) is 3. The summed E-state index contributed by atoms with van der Waals surface area (Å²) in [7, 11) is 1.94. The summed E-state index contributed by atoms with van der Waals surface area (Å²) in [6, 6.07) is 0. The predicted molar refractivity (Wildman–Crippen MR) is 91.9 cm³/mol. The second kappa shape index (κ2) is 9.57. The number of nitrogens with one attached hydrogen (secondary N) is 2. The van der Waals surface area contributed by atoms with Gasteiger partial charge in [-0.05, 0) is 33.4 Å². The zero-order valence-electron chi connectivity index (χ0n) is 13.7. The van der Waals surface area contributed by atoms with Gasteiger partial charge >= 0.3 is 0 Å². The number of aryl methyl sites for hydroxylation is 1. The van der Waals surface area contributed by atoms with Gasteiger partial charge in [-0.2, -0.15) is 0 Å². The van der Waals surface area contributed by atoms with Crippen LogP contribution in [0.3, 0.4) is 0 Å². The average Bonchev–Trinajstić information content (AvgIpc) is 2.49. The highest BCUT2D eigenvalue weighted by molar-refractivity contribution is 6.06. The Morgan fingerprint density at radius 2 is 1.83 bits per heavy atom. The summed E-state index contributed by atoms with van der Waals surface area (Å²) in [5.74, 6) is -0.351. The smallest absolute Gasteiger partial charge is 0.280 e. The normalized spacial score (nSPS) is 11.5. The number of carbonyl (C=O) groups excluding carboxylic acids is 1. The molecule has 0 aliphatic heterocycles. The zero-order valence-corrected chi connectivity index (χ0v) is 13.7. The Morgan fingerprint density at radius 1 is 1.13 bits per heavy atom. The van der Waals surface area contributed by atoms with Crippen LogP contribution in [-0.4, -0.2) is 42.0 Å². The molecule has 9 nitrogen and oxygen atoms in total. The molecule has 0 saturated heterocycles. The van der Waals surface area contributed by atoms with Gasteiger partial charge in [0.1, 0.15) is 5.82 Å². The molecule has 0 aliphatic rings. The first kappa shape index (κ1) is 18.6. The van der Waals surface area contributed by atoms with Crippen LogP contribution in [0.2, 0.25) is 0 Å². The van der Waals surface area contributed by atoms with Crippen molar-refractivity contribution in [2.45, 2.75) is 32.6 Å². The summed E-state index contributed by atoms with van der Waals surface area (Å²) in [5.41, 5.74) is 17.3. The van der Waals surface area contributed by atoms with Gasteiger partial charge in [0, 0.05) is 6.54 Å². The van der Waals surface area contributed by atoms with Crippen LogP contribution >= 0.6 is 0 Å². The maximum atomic E-state index is 12.0. The van der Waals surface area contributed by atoms with Crippen LogP contribution in [0.5, 0.6) is 0 Å². The average molecular weight is 322 g/mol. The van der Waals surface area contributed by atoms with Gasteiger partial charge in [0.2, 0.25) is 0 Å². The topological polar surface area (TPSA) is 157 Å². The summed E-state index contributed by atoms with van der Waals surface area (Å²) < 4.78 is 0. The highest BCUT2D eigenvalue weighted by atomic mass is 16.2. The molecule has 1 rings (SSSR count). The number of carbonyl (C=O) groups is 1. The van der Waals surface area contributed by atoms with Crippen LogP contribution in [0, 0.1) is 6.92 Å². The zero-order chi connectivity index (χ0) is 17.2. The molecular formula is C14H26N8O. The first-order chi connectivity index (χ1) is 11.0. The number of guanidine groups is 1. The Balaban J connectivity index is 2.44. The van der Waals surface area contributed by atoms with E-state index in [0.29, 0.717) is 12.2 Å². The Hall–Kier alpha value is -2.42. The fourth-order valence-electron chi connectivity index (χ4n) is 1.89. The summed E-state index contributed by atoms with van der Waals surface area (Å²) in [6.45, 7) is 3.22. The van der Waals surface area contributed by atoms with Gasteiger partial charge in [-0.25, -0.2) is 9.97 Å². The molecular weight excluding hydrogens is 296 g/mol. The first-order valence-electron chi connectivity index (χ1n) is 7.61. The minimum Gasteiger partial charge on any atom is -0.382 e. The van der Waals surface area contributed by atoms with E-state index in [2.05, 4.69) is 25.6 Å². The van der Waals surface area contributed by atoms with Crippen molar-refractivity contribution >= 4 is 23.5 Å². The fraction of sp³-hybridized carbons (Fsp3) is 0.571. The van der Waals surface area contributed by atoms with Gasteiger partial charge in [0.25, 0.3) is 5.91 Å². The van der Waals surface area contributed by atoms with Crippen molar-refractivity contribution in [3.05, 3.63) is 11.4 Å². The summed E-state index contributed by atoms with van der Waals surface area (Å²) in [6.07, 6.45) is 4.27. The molecule has 0 unspecified atom stereocenters. The highest BCUT2D eigenvalue weighted by Crippen LogP contribution is 2.11. The van der Waals surface area contributed by atoms with Crippen molar-refractivity contribution in [3.63, 3.8) is 0 Å². The number of aliphatic imine (C=N–C) groups is 1. The van der Waals surface area contributed by atoms with Crippen LogP contribution in [0.4, 0.5) is 11.6 Å². The van der Waals surface area contributed by atoms with E-state index < -0.39 is 5.91 Å². The molecule has 23 heavy (non-hydrogen) atoms. The number of nitrogens with zero attached hydrogens (tertiary/aromatic N) is 3. The molecule has 8 N–H and O–H groups in total. The van der Waals surface area contributed by atoms with Crippen LogP contribution in [0.15, 0.2) is 4.99 Å². The number of anilines is 2. The molecule has 1 heterocycles. The van der Waals surface area contributed by atoms with E-state index in [0.717, 1.165) is 32.2 Å². The van der Waals surface area contributed by atoms with E-state index >= 15 is 0 Å². The molecule has 0 fully saturated rings. The Kier molecular flexibility index (Phi) is 7.75. The van der Waals surface area contributed by atoms with Gasteiger partial charge in [-0.1, -0.05) is 12.8 Å². The molecule has 0 bridgehead atoms. The predicted octanol–water partition coefficient (Wildman–Crippen LogP) is -0.226. The Morgan fingerprint density at radius 3 is 2.52 bits per heavy atom. The van der Waals surface area contributed by atoms with E-state index in [-0.39, 0.29) is 23.3 Å². The third-order valence-electron chi connectivity index (χ3n) is 3.21. The second-order valence-corrected chi connectivity index (χ2v) is 5.17. The van der Waals surface area contributed by atoms with Crippen molar-refractivity contribution in [3.8, 4) is 0 Å². The van der Waals surface area contributed by atoms with E-state index in [9.17, 15) is 4.79 Å². The largest absolute Gasteiger partial charge is 0.382 e. The quantitative estimate of drug-likeness (QED) is 0.251. The molecule has 0 saturated carbocycles. The maximum absolute atomic E-state index is 12.0. The molecule has 1 aromatic heterocycles. The number of nitrogen functional groups attached to an aromatic ring is 2. The van der Waals surface area contributed by atoms with Gasteiger partial charge in [-0.15, -0.1) is 0 Å². The van der Waals surface area contributed by atoms with E-state index in [1.54, 1.807) is 6.92 Å². The summed E-state index contributed by atoms with van der Waals surface area (Å²) in [5, 5.41) is 5.55. The molecule has 0 spiro atoms. The molecule has 0 aliphatic carbocycles. The van der Waals surface area contributed by atoms with Crippen LogP contribution in [0.25, 0.3) is 0 Å². The highest BCUT2D eigenvalue weighted by Gasteiger charge is 2.15. The third kappa shape index (κ3) is 6.47. The number of unbranched alkanes of at least 4 members (excludes halogenated alkanes) is 3. The molecule has 1 aromatic rings. The number of aromatic nitrogens is 2. The van der Waals surface area contributed by atoms with Crippen LogP contribution < -0.4 is 27.8 Å². The monoisotopic (exact) mass is 322 g/mol. The minimum absolute atomic E-state index is 0.0121. The number of rotatable bonds is 8. The lowest BCUT2D eigenvalue weighted by Gasteiger charge is -2.08. The summed E-state index contributed by atoms with van der Waals surface area (Å²) in [4.78, 5) is 24.0. The molecule has 0 aromatic carbocycles. The lowest BCUT2D eigenvalue weighted by molar-refractivity contribution is 0.0972. The van der Waals surface area contributed by atoms with Crippen molar-refractivity contribution in [2.24, 2.45) is 10.7 Å². The molecule has 1 amide bonds. The molecule has 128 valence electrons. The molecule has 9 heteroatoms. The van der Waals surface area contributed by atoms with Crippen molar-refractivity contribution in [1.29, 1.82) is 0 Å². The van der Waals surface area contributed by atoms with Crippen molar-refractivity contribution in [1.82, 2.24) is 20.6 Å². The van der Waals surface area contributed by atoms with Gasteiger partial charge in [0.15, 0.2) is 17.5 Å². The molecule has 0 radical (unpaired) electrons. The lowest BCUT2D eigenvalue weighted by Crippen LogP contribution is -2.38. The van der Waals surface area contributed by atoms with Crippen molar-refractivity contribution in [2.75, 3.05) is 31.6 Å². The SMILES string of the molecule is CNCCCCCCN=C(N)NC(=O)c1nc(C)c(N)nc1N. The fourth-order valence-corrected chi connectivity index (χ4v) is 1.89. The van der Waals surface area contributed by atoms with E-state index in [1.807, 2.05) is 7.05 Å². The maximum Gasteiger partial charge on any atom is 0.280 e. The van der Waals surface area contributed by atoms with Crippen molar-refractivity contribution < 1.29 is 4.79 Å². The van der Waals surface area contributed by atoms with Gasteiger partial charge < -0.3 is 22.5 Å². The lowest BCUT2D eigenvalue weighted by atomic mass is 10.2. The Labute approximate surface area is 136 Å². The number of hydrogen-bond acceptors (Lipinski definition) is 7. The summed E-state index contributed by atoms with van der Waals surface area (Å²) >= 11 is 0. The minimum atomic E-state index is -0.548. The van der Waals surface area contributed by atoms with Crippen LogP contribution in [-0.2, 0) is 0 Å². The van der Waals surface area contributed by atoms with Crippen LogP contribution in [0.1, 0.15) is 41.9 Å². The van der Waals surface area contributed by atoms with E-state index in [4.69, 9.17) is 17.2 Å². The number of hydrogen-bond donors (Lipinski definition) is 5. The first-order valence-corrected chi connectivity index (χ1v) is 7.61. The third-order valence-corrected chi connectivity index (χ3v) is 3.21. The second-order valence-electron chi connectivity index (χ2n) is 5.17.